The van der Waals surface area contributed by atoms with Crippen molar-refractivity contribution in [3.05, 3.63) is 68.9 Å². The number of rotatable bonds is 5. The predicted octanol–water partition coefficient (Wildman–Crippen LogP) is 2.13. The van der Waals surface area contributed by atoms with Crippen molar-refractivity contribution in [2.75, 3.05) is 32.7 Å². The molecule has 1 amide bonds. The Kier molecular flexibility index (Phi) is 5.82. The molecule has 0 radical (unpaired) electrons. The molecular formula is C21H23N5O2S. The molecule has 1 saturated heterocycles. The van der Waals surface area contributed by atoms with Crippen LogP contribution in [0.15, 0.2) is 53.6 Å². The third kappa shape index (κ3) is 4.60. The first kappa shape index (κ1) is 19.5. The summed E-state index contributed by atoms with van der Waals surface area (Å²) in [5.41, 5.74) is 1.51. The number of aryl methyl sites for hydroxylation is 1. The van der Waals surface area contributed by atoms with Crippen molar-refractivity contribution in [3.8, 4) is 11.3 Å². The van der Waals surface area contributed by atoms with E-state index in [0.29, 0.717) is 19.6 Å². The molecule has 0 aromatic carbocycles. The van der Waals surface area contributed by atoms with Gasteiger partial charge in [0, 0.05) is 61.6 Å². The maximum Gasteiger partial charge on any atom is 0.266 e. The van der Waals surface area contributed by atoms with Gasteiger partial charge < -0.3 is 4.90 Å². The van der Waals surface area contributed by atoms with Crippen molar-refractivity contribution in [1.82, 2.24) is 24.6 Å². The van der Waals surface area contributed by atoms with Crippen LogP contribution < -0.4 is 5.56 Å². The maximum atomic E-state index is 12.6. The number of thiophene rings is 1. The molecule has 3 aromatic heterocycles. The lowest BCUT2D eigenvalue weighted by Crippen LogP contribution is -2.49. The summed E-state index contributed by atoms with van der Waals surface area (Å²) in [4.78, 5) is 35.0. The minimum atomic E-state index is -0.112. The second-order valence-electron chi connectivity index (χ2n) is 7.07. The van der Waals surface area contributed by atoms with Crippen LogP contribution in [0.5, 0.6) is 0 Å². The highest BCUT2D eigenvalue weighted by atomic mass is 32.1. The normalized spacial score (nSPS) is 14.9. The Hall–Kier alpha value is -2.84. The van der Waals surface area contributed by atoms with Gasteiger partial charge in [-0.05, 0) is 37.3 Å². The van der Waals surface area contributed by atoms with Gasteiger partial charge in [-0.15, -0.1) is 11.3 Å². The molecule has 1 fully saturated rings. The molecule has 29 heavy (non-hydrogen) atoms. The highest BCUT2D eigenvalue weighted by Gasteiger charge is 2.23. The number of carbonyl (C=O) groups excluding carboxylic acids is 1. The van der Waals surface area contributed by atoms with E-state index in [2.05, 4.69) is 15.0 Å². The number of carbonyl (C=O) groups is 1. The molecule has 4 rings (SSSR count). The van der Waals surface area contributed by atoms with E-state index in [-0.39, 0.29) is 11.5 Å². The highest BCUT2D eigenvalue weighted by Crippen LogP contribution is 2.18. The number of hydrogen-bond acceptors (Lipinski definition) is 6. The Bertz CT molecular complexity index is 1040. The molecule has 150 valence electrons. The predicted molar refractivity (Wildman–Crippen MR) is 113 cm³/mol. The molecule has 0 spiro atoms. The fourth-order valence-electron chi connectivity index (χ4n) is 3.39. The molecule has 7 nitrogen and oxygen atoms in total. The number of piperazine rings is 1. The van der Waals surface area contributed by atoms with Gasteiger partial charge in [0.1, 0.15) is 0 Å². The van der Waals surface area contributed by atoms with Crippen LogP contribution in [0.1, 0.15) is 14.5 Å². The van der Waals surface area contributed by atoms with Crippen molar-refractivity contribution in [1.29, 1.82) is 0 Å². The van der Waals surface area contributed by atoms with Crippen LogP contribution in [0.3, 0.4) is 0 Å². The Morgan fingerprint density at radius 1 is 1.07 bits per heavy atom. The average Bonchev–Trinajstić information content (AvgIpc) is 3.20. The van der Waals surface area contributed by atoms with E-state index in [1.54, 1.807) is 35.9 Å². The molecule has 0 bridgehead atoms. The Morgan fingerprint density at radius 2 is 1.90 bits per heavy atom. The fourth-order valence-corrected chi connectivity index (χ4v) is 4.23. The van der Waals surface area contributed by atoms with Crippen LogP contribution in [-0.4, -0.2) is 63.2 Å². The van der Waals surface area contributed by atoms with Crippen molar-refractivity contribution in [2.24, 2.45) is 0 Å². The first-order chi connectivity index (χ1) is 14.1. The van der Waals surface area contributed by atoms with E-state index in [1.165, 1.54) is 4.68 Å². The van der Waals surface area contributed by atoms with Crippen molar-refractivity contribution in [2.45, 2.75) is 13.5 Å². The van der Waals surface area contributed by atoms with Crippen molar-refractivity contribution >= 4 is 17.2 Å². The van der Waals surface area contributed by atoms with Gasteiger partial charge in [0.25, 0.3) is 11.5 Å². The van der Waals surface area contributed by atoms with Crippen molar-refractivity contribution in [3.63, 3.8) is 0 Å². The van der Waals surface area contributed by atoms with Crippen LogP contribution in [0, 0.1) is 6.92 Å². The third-order valence-corrected chi connectivity index (χ3v) is 6.05. The standard InChI is InChI=1S/C21H23N5O2S/c1-16-4-6-19(29-16)21(28)25-12-9-24(10-13-25)11-14-26-20(27)7-5-18(23-26)17-3-2-8-22-15-17/h2-8,15H,9-14H2,1H3. The molecule has 0 atom stereocenters. The summed E-state index contributed by atoms with van der Waals surface area (Å²) in [6, 6.07) is 10.9. The fraction of sp³-hybridized carbons (Fsp3) is 0.333. The van der Waals surface area contributed by atoms with E-state index < -0.39 is 0 Å². The van der Waals surface area contributed by atoms with Gasteiger partial charge in [-0.2, -0.15) is 5.10 Å². The topological polar surface area (TPSA) is 71.3 Å². The Morgan fingerprint density at radius 3 is 2.59 bits per heavy atom. The molecule has 4 heterocycles. The lowest BCUT2D eigenvalue weighted by atomic mass is 10.2. The zero-order valence-corrected chi connectivity index (χ0v) is 17.1. The van der Waals surface area contributed by atoms with E-state index in [4.69, 9.17) is 0 Å². The highest BCUT2D eigenvalue weighted by molar-refractivity contribution is 7.13. The molecule has 1 aliphatic heterocycles. The minimum absolute atomic E-state index is 0.112. The molecular weight excluding hydrogens is 386 g/mol. The van der Waals surface area contributed by atoms with E-state index in [0.717, 1.165) is 40.6 Å². The second-order valence-corrected chi connectivity index (χ2v) is 8.35. The van der Waals surface area contributed by atoms with Gasteiger partial charge in [0.15, 0.2) is 0 Å². The molecule has 0 unspecified atom stereocenters. The SMILES string of the molecule is Cc1ccc(C(=O)N2CCN(CCn3nc(-c4cccnc4)ccc3=O)CC2)s1. The summed E-state index contributed by atoms with van der Waals surface area (Å²) in [5.74, 6) is 0.116. The zero-order valence-electron chi connectivity index (χ0n) is 16.3. The number of hydrogen-bond donors (Lipinski definition) is 0. The number of nitrogens with zero attached hydrogens (tertiary/aromatic N) is 5. The van der Waals surface area contributed by atoms with Gasteiger partial charge in [-0.25, -0.2) is 4.68 Å². The lowest BCUT2D eigenvalue weighted by molar-refractivity contribution is 0.0636. The number of amides is 1. The monoisotopic (exact) mass is 409 g/mol. The van der Waals surface area contributed by atoms with E-state index >= 15 is 0 Å². The summed E-state index contributed by atoms with van der Waals surface area (Å²) in [6.45, 7) is 6.26. The second kappa shape index (κ2) is 8.67. The summed E-state index contributed by atoms with van der Waals surface area (Å²) < 4.78 is 1.51. The summed E-state index contributed by atoms with van der Waals surface area (Å²) in [6.07, 6.45) is 3.45. The summed E-state index contributed by atoms with van der Waals surface area (Å²) >= 11 is 1.54. The smallest absolute Gasteiger partial charge is 0.266 e. The maximum absolute atomic E-state index is 12.6. The van der Waals surface area contributed by atoms with Crippen molar-refractivity contribution < 1.29 is 4.79 Å². The third-order valence-electron chi connectivity index (χ3n) is 5.06. The molecule has 0 aliphatic carbocycles. The van der Waals surface area contributed by atoms with Crippen LogP contribution in [-0.2, 0) is 6.54 Å². The van der Waals surface area contributed by atoms with E-state index in [9.17, 15) is 9.59 Å². The number of pyridine rings is 1. The zero-order chi connectivity index (χ0) is 20.2. The average molecular weight is 410 g/mol. The van der Waals surface area contributed by atoms with Gasteiger partial charge in [-0.1, -0.05) is 0 Å². The van der Waals surface area contributed by atoms with Gasteiger partial charge in [0.05, 0.1) is 17.1 Å². The van der Waals surface area contributed by atoms with E-state index in [1.807, 2.05) is 36.1 Å². The number of aromatic nitrogens is 3. The first-order valence-corrected chi connectivity index (χ1v) is 10.5. The molecule has 0 N–H and O–H groups in total. The van der Waals surface area contributed by atoms with Gasteiger partial charge in [0.2, 0.25) is 0 Å². The summed E-state index contributed by atoms with van der Waals surface area (Å²) in [7, 11) is 0. The van der Waals surface area contributed by atoms with Crippen LogP contribution in [0.4, 0.5) is 0 Å². The largest absolute Gasteiger partial charge is 0.335 e. The Balaban J connectivity index is 1.34. The van der Waals surface area contributed by atoms with Gasteiger partial charge in [-0.3, -0.25) is 19.5 Å². The van der Waals surface area contributed by atoms with Crippen LogP contribution >= 0.6 is 11.3 Å². The first-order valence-electron chi connectivity index (χ1n) is 9.67. The Labute approximate surface area is 173 Å². The minimum Gasteiger partial charge on any atom is -0.335 e. The molecule has 1 aliphatic rings. The van der Waals surface area contributed by atoms with Gasteiger partial charge >= 0.3 is 0 Å². The lowest BCUT2D eigenvalue weighted by Gasteiger charge is -2.34. The quantitative estimate of drug-likeness (QED) is 0.646. The summed E-state index contributed by atoms with van der Waals surface area (Å²) in [5, 5.41) is 4.49. The molecule has 8 heteroatoms. The van der Waals surface area contributed by atoms with Crippen LogP contribution in [0.2, 0.25) is 0 Å². The van der Waals surface area contributed by atoms with Crippen LogP contribution in [0.25, 0.3) is 11.3 Å². The molecule has 0 saturated carbocycles. The molecule has 3 aromatic rings.